The van der Waals surface area contributed by atoms with E-state index in [0.29, 0.717) is 5.69 Å². The maximum Gasteiger partial charge on any atom is 0.326 e. The quantitative estimate of drug-likeness (QED) is 0.619. The van der Waals surface area contributed by atoms with Crippen molar-refractivity contribution in [1.29, 1.82) is 0 Å². The number of halogens is 2. The average molecular weight is 408 g/mol. The van der Waals surface area contributed by atoms with Crippen LogP contribution in [0.15, 0.2) is 36.4 Å². The molecule has 0 saturated heterocycles. The molecule has 0 aliphatic heterocycles. The predicted molar refractivity (Wildman–Crippen MR) is 110 cm³/mol. The Morgan fingerprint density at radius 2 is 1.52 bits per heavy atom. The second kappa shape index (κ2) is 8.32. The number of hydrogen-bond donors (Lipinski definition) is 0. The Balaban J connectivity index is 2.49. The average Bonchev–Trinajstić information content (AvgIpc) is 2.49. The minimum atomic E-state index is -0.656. The van der Waals surface area contributed by atoms with Gasteiger partial charge in [-0.1, -0.05) is 35.3 Å². The van der Waals surface area contributed by atoms with E-state index >= 15 is 0 Å². The van der Waals surface area contributed by atoms with Gasteiger partial charge in [-0.05, 0) is 70.0 Å². The number of rotatable bonds is 4. The van der Waals surface area contributed by atoms with Gasteiger partial charge in [0.2, 0.25) is 0 Å². The molecule has 0 aliphatic carbocycles. The van der Waals surface area contributed by atoms with Gasteiger partial charge in [0.1, 0.15) is 12.1 Å². The molecule has 4 nitrogen and oxygen atoms in total. The summed E-state index contributed by atoms with van der Waals surface area (Å²) in [5, 5.41) is 0.456. The topological polar surface area (TPSA) is 46.6 Å². The van der Waals surface area contributed by atoms with E-state index in [2.05, 4.69) is 0 Å². The van der Waals surface area contributed by atoms with Gasteiger partial charge in [0, 0.05) is 5.69 Å². The number of nitrogens with zero attached hydrogens (tertiary/aromatic N) is 1. The molecule has 6 heteroatoms. The van der Waals surface area contributed by atoms with Crippen LogP contribution < -0.4 is 4.90 Å². The molecular formula is C21H23Cl2NO3. The monoisotopic (exact) mass is 407 g/mol. The highest BCUT2D eigenvalue weighted by Crippen LogP contribution is 2.29. The summed E-state index contributed by atoms with van der Waals surface area (Å²) in [4.78, 5) is 27.0. The first-order valence-electron chi connectivity index (χ1n) is 8.54. The lowest BCUT2D eigenvalue weighted by atomic mass is 10.1. The van der Waals surface area contributed by atoms with E-state index in [1.54, 1.807) is 39.0 Å². The molecule has 0 heterocycles. The van der Waals surface area contributed by atoms with E-state index in [-0.39, 0.29) is 22.2 Å². The van der Waals surface area contributed by atoms with Crippen molar-refractivity contribution in [3.63, 3.8) is 0 Å². The van der Waals surface area contributed by atoms with Crippen LogP contribution in [0.3, 0.4) is 0 Å². The highest BCUT2D eigenvalue weighted by Gasteiger charge is 2.27. The standard InChI is InChI=1S/C21H23Cl2NO3/c1-13-9-14(2)11-15(10-13)24(12-18(25)27-21(3,4)5)20(26)19-16(22)7-6-8-17(19)23/h6-11H,12H2,1-5H3. The van der Waals surface area contributed by atoms with Crippen molar-refractivity contribution in [1.82, 2.24) is 0 Å². The van der Waals surface area contributed by atoms with Gasteiger partial charge in [-0.25, -0.2) is 0 Å². The van der Waals surface area contributed by atoms with Crippen LogP contribution in [0.1, 0.15) is 42.3 Å². The van der Waals surface area contributed by atoms with Crippen molar-refractivity contribution in [2.45, 2.75) is 40.2 Å². The zero-order valence-electron chi connectivity index (χ0n) is 16.1. The summed E-state index contributed by atoms with van der Waals surface area (Å²) in [5.74, 6) is -0.973. The van der Waals surface area contributed by atoms with Crippen LogP contribution in [0, 0.1) is 13.8 Å². The van der Waals surface area contributed by atoms with E-state index in [0.717, 1.165) is 11.1 Å². The van der Waals surface area contributed by atoms with Gasteiger partial charge < -0.3 is 4.74 Å². The molecule has 0 spiro atoms. The Bertz CT molecular complexity index is 832. The summed E-state index contributed by atoms with van der Waals surface area (Å²) in [6.07, 6.45) is 0. The smallest absolute Gasteiger partial charge is 0.326 e. The fourth-order valence-electron chi connectivity index (χ4n) is 2.73. The number of anilines is 1. The second-order valence-electron chi connectivity index (χ2n) is 7.42. The van der Waals surface area contributed by atoms with Gasteiger partial charge >= 0.3 is 5.97 Å². The van der Waals surface area contributed by atoms with E-state index in [4.69, 9.17) is 27.9 Å². The lowest BCUT2D eigenvalue weighted by Gasteiger charge is -2.26. The SMILES string of the molecule is Cc1cc(C)cc(N(CC(=O)OC(C)(C)C)C(=O)c2c(Cl)cccc2Cl)c1. The fourth-order valence-corrected chi connectivity index (χ4v) is 3.29. The molecule has 27 heavy (non-hydrogen) atoms. The molecule has 0 aromatic heterocycles. The molecule has 0 N–H and O–H groups in total. The number of hydrogen-bond acceptors (Lipinski definition) is 3. The lowest BCUT2D eigenvalue weighted by molar-refractivity contribution is -0.152. The van der Waals surface area contributed by atoms with Gasteiger partial charge in [0.15, 0.2) is 0 Å². The minimum absolute atomic E-state index is 0.156. The number of amides is 1. The second-order valence-corrected chi connectivity index (χ2v) is 8.23. The van der Waals surface area contributed by atoms with E-state index in [1.165, 1.54) is 4.90 Å². The summed E-state index contributed by atoms with van der Waals surface area (Å²) < 4.78 is 5.40. The van der Waals surface area contributed by atoms with Gasteiger partial charge in [-0.2, -0.15) is 0 Å². The summed E-state index contributed by atoms with van der Waals surface area (Å²) in [6, 6.07) is 10.5. The third-order valence-electron chi connectivity index (χ3n) is 3.65. The van der Waals surface area contributed by atoms with Crippen molar-refractivity contribution in [2.75, 3.05) is 11.4 Å². The van der Waals surface area contributed by atoms with E-state index in [1.807, 2.05) is 32.0 Å². The van der Waals surface area contributed by atoms with Crippen molar-refractivity contribution in [3.05, 3.63) is 63.1 Å². The summed E-state index contributed by atoms with van der Waals surface area (Å²) in [6.45, 7) is 8.93. The van der Waals surface area contributed by atoms with Crippen LogP contribution in [0.5, 0.6) is 0 Å². The number of carbonyl (C=O) groups is 2. The van der Waals surface area contributed by atoms with Gasteiger partial charge in [-0.15, -0.1) is 0 Å². The molecule has 2 aromatic carbocycles. The van der Waals surface area contributed by atoms with E-state index in [9.17, 15) is 9.59 Å². The molecule has 2 aromatic rings. The molecule has 0 aliphatic rings. The van der Waals surface area contributed by atoms with Crippen LogP contribution in [-0.2, 0) is 9.53 Å². The molecule has 0 atom stereocenters. The maximum absolute atomic E-state index is 13.3. The Morgan fingerprint density at radius 1 is 1.00 bits per heavy atom. The van der Waals surface area contributed by atoms with Crippen LogP contribution in [0.4, 0.5) is 5.69 Å². The van der Waals surface area contributed by atoms with E-state index < -0.39 is 17.5 Å². The Hall–Kier alpha value is -2.04. The molecular weight excluding hydrogens is 385 g/mol. The van der Waals surface area contributed by atoms with Gasteiger partial charge in [0.05, 0.1) is 15.6 Å². The number of esters is 1. The third-order valence-corrected chi connectivity index (χ3v) is 4.28. The zero-order chi connectivity index (χ0) is 20.4. The molecule has 144 valence electrons. The maximum atomic E-state index is 13.3. The molecule has 2 rings (SSSR count). The number of benzene rings is 2. The first-order chi connectivity index (χ1) is 12.5. The normalized spacial score (nSPS) is 11.2. The molecule has 0 fully saturated rings. The van der Waals surface area contributed by atoms with Crippen LogP contribution in [0.2, 0.25) is 10.0 Å². The largest absolute Gasteiger partial charge is 0.459 e. The zero-order valence-corrected chi connectivity index (χ0v) is 17.6. The molecule has 0 saturated carbocycles. The lowest BCUT2D eigenvalue weighted by Crippen LogP contribution is -2.39. The summed E-state index contributed by atoms with van der Waals surface area (Å²) >= 11 is 12.4. The summed E-state index contributed by atoms with van der Waals surface area (Å²) in [7, 11) is 0. The molecule has 0 unspecified atom stereocenters. The highest BCUT2D eigenvalue weighted by atomic mass is 35.5. The number of carbonyl (C=O) groups excluding carboxylic acids is 2. The first kappa shape index (κ1) is 21.3. The Morgan fingerprint density at radius 3 is 2.00 bits per heavy atom. The molecule has 0 bridgehead atoms. The molecule has 0 radical (unpaired) electrons. The van der Waals surface area contributed by atoms with Gasteiger partial charge in [0.25, 0.3) is 5.91 Å². The van der Waals surface area contributed by atoms with Crippen molar-refractivity contribution < 1.29 is 14.3 Å². The van der Waals surface area contributed by atoms with Crippen LogP contribution in [-0.4, -0.2) is 24.0 Å². The van der Waals surface area contributed by atoms with Crippen molar-refractivity contribution >= 4 is 40.8 Å². The van der Waals surface area contributed by atoms with Crippen LogP contribution >= 0.6 is 23.2 Å². The summed E-state index contributed by atoms with van der Waals surface area (Å²) in [5.41, 5.74) is 2.02. The van der Waals surface area contributed by atoms with Crippen LogP contribution in [0.25, 0.3) is 0 Å². The third kappa shape index (κ3) is 5.72. The first-order valence-corrected chi connectivity index (χ1v) is 9.29. The minimum Gasteiger partial charge on any atom is -0.459 e. The number of ether oxygens (including phenoxy) is 1. The van der Waals surface area contributed by atoms with Crippen molar-refractivity contribution in [2.24, 2.45) is 0 Å². The Labute approximate surface area is 170 Å². The molecule has 1 amide bonds. The Kier molecular flexibility index (Phi) is 6.55. The van der Waals surface area contributed by atoms with Gasteiger partial charge in [-0.3, -0.25) is 14.5 Å². The predicted octanol–water partition coefficient (Wildman–Crippen LogP) is 5.60. The highest BCUT2D eigenvalue weighted by molar-refractivity contribution is 6.40. The van der Waals surface area contributed by atoms with Crippen molar-refractivity contribution in [3.8, 4) is 0 Å². The fraction of sp³-hybridized carbons (Fsp3) is 0.333. The number of aryl methyl sites for hydroxylation is 2.